The number of carbonyl (C=O) groups excluding carboxylic acids is 1. The monoisotopic (exact) mass is 398 g/mol. The molecule has 0 atom stereocenters. The first-order valence-electron chi connectivity index (χ1n) is 8.79. The number of hydrogen-bond donors (Lipinski definition) is 4. The third-order valence-electron chi connectivity index (χ3n) is 5.35. The lowest BCUT2D eigenvalue weighted by Gasteiger charge is -2.58. The number of carboxylic acid groups (broad SMARTS) is 1. The largest absolute Gasteiger partial charge is 0.490 e. The minimum absolute atomic E-state index is 0.0596. The second kappa shape index (κ2) is 6.77. The van der Waals surface area contributed by atoms with Crippen LogP contribution in [0.25, 0.3) is 11.0 Å². The zero-order chi connectivity index (χ0) is 20.7. The predicted octanol–water partition coefficient (Wildman–Crippen LogP) is 3.10. The van der Waals surface area contributed by atoms with Gasteiger partial charge in [-0.25, -0.2) is 9.78 Å². The van der Waals surface area contributed by atoms with E-state index in [4.69, 9.17) is 15.6 Å². The molecule has 4 rings (SSSR count). The number of nitrogens with zero attached hydrogens (tertiary/aromatic N) is 1. The van der Waals surface area contributed by atoms with Crippen molar-refractivity contribution in [2.45, 2.75) is 50.7 Å². The van der Waals surface area contributed by atoms with E-state index in [-0.39, 0.29) is 5.91 Å². The zero-order valence-corrected chi connectivity index (χ0v) is 15.2. The molecule has 2 aliphatic rings. The maximum atomic E-state index is 12.4. The van der Waals surface area contributed by atoms with E-state index in [0.29, 0.717) is 5.41 Å². The Bertz CT molecular complexity index is 910. The van der Waals surface area contributed by atoms with Crippen LogP contribution in [-0.4, -0.2) is 38.7 Å². The highest BCUT2D eigenvalue weighted by molar-refractivity contribution is 6.00. The van der Waals surface area contributed by atoms with Crippen molar-refractivity contribution in [2.75, 3.05) is 5.32 Å². The number of H-pyrrole nitrogens is 1. The summed E-state index contributed by atoms with van der Waals surface area (Å²) in [7, 11) is 0. The van der Waals surface area contributed by atoms with Gasteiger partial charge in [-0.1, -0.05) is 6.42 Å². The van der Waals surface area contributed by atoms with Crippen molar-refractivity contribution in [1.82, 2.24) is 9.97 Å². The van der Waals surface area contributed by atoms with E-state index in [2.05, 4.69) is 15.3 Å². The molecular weight excluding hydrogens is 377 g/mol. The molecule has 5 N–H and O–H groups in total. The van der Waals surface area contributed by atoms with Gasteiger partial charge in [0.25, 0.3) is 0 Å². The summed E-state index contributed by atoms with van der Waals surface area (Å²) in [4.78, 5) is 28.9. The molecule has 1 amide bonds. The summed E-state index contributed by atoms with van der Waals surface area (Å²) < 4.78 is 31.7. The maximum absolute atomic E-state index is 12.4. The van der Waals surface area contributed by atoms with E-state index < -0.39 is 17.7 Å². The summed E-state index contributed by atoms with van der Waals surface area (Å²) in [6.07, 6.45) is 0.333. The van der Waals surface area contributed by atoms with E-state index in [1.165, 1.54) is 19.3 Å². The molecule has 1 heterocycles. The molecule has 0 radical (unpaired) electrons. The van der Waals surface area contributed by atoms with Gasteiger partial charge in [0.1, 0.15) is 5.82 Å². The third kappa shape index (κ3) is 3.96. The summed E-state index contributed by atoms with van der Waals surface area (Å²) in [5, 5.41) is 10.1. The number of nitrogens with two attached hydrogens (primary N) is 1. The van der Waals surface area contributed by atoms with Crippen LogP contribution in [0.2, 0.25) is 0 Å². The van der Waals surface area contributed by atoms with Crippen LogP contribution >= 0.6 is 0 Å². The highest BCUT2D eigenvalue weighted by atomic mass is 19.4. The summed E-state index contributed by atoms with van der Waals surface area (Å²) in [5.41, 5.74) is 8.58. The van der Waals surface area contributed by atoms with E-state index in [9.17, 15) is 18.0 Å². The van der Waals surface area contributed by atoms with Gasteiger partial charge in [0.05, 0.1) is 16.6 Å². The number of fused-ring (bicyclic) bond motifs is 1. The van der Waals surface area contributed by atoms with Crippen molar-refractivity contribution in [3.63, 3.8) is 0 Å². The van der Waals surface area contributed by atoms with Crippen LogP contribution in [-0.2, 0) is 9.59 Å². The molecule has 1 aromatic heterocycles. The minimum atomic E-state index is -5.08. The number of imidazole rings is 1. The van der Waals surface area contributed by atoms with E-state index in [1.54, 1.807) is 0 Å². The maximum Gasteiger partial charge on any atom is 0.490 e. The molecule has 1 aromatic carbocycles. The Labute approximate surface area is 158 Å². The van der Waals surface area contributed by atoms with Crippen LogP contribution in [0.15, 0.2) is 18.2 Å². The molecule has 2 fully saturated rings. The quantitative estimate of drug-likeness (QED) is 0.619. The molecule has 2 saturated carbocycles. The summed E-state index contributed by atoms with van der Waals surface area (Å²) in [6.45, 7) is 1.92. The molecule has 0 saturated heterocycles. The summed E-state index contributed by atoms with van der Waals surface area (Å²) >= 11 is 0. The molecule has 2 aromatic rings. The molecule has 28 heavy (non-hydrogen) atoms. The summed E-state index contributed by atoms with van der Waals surface area (Å²) in [6, 6.07) is 5.70. The average molecular weight is 398 g/mol. The van der Waals surface area contributed by atoms with Crippen molar-refractivity contribution >= 4 is 28.6 Å². The van der Waals surface area contributed by atoms with Crippen LogP contribution in [0, 0.1) is 12.3 Å². The number of aromatic amines is 1. The number of nitrogens with one attached hydrogen (secondary N) is 2. The normalized spacial score (nSPS) is 19.2. The lowest BCUT2D eigenvalue weighted by atomic mass is 9.48. The molecule has 10 heteroatoms. The van der Waals surface area contributed by atoms with Crippen LogP contribution in [0.4, 0.5) is 18.9 Å². The van der Waals surface area contributed by atoms with E-state index in [1.807, 2.05) is 25.1 Å². The molecule has 2 aliphatic carbocycles. The number of carbonyl (C=O) groups is 2. The second-order valence-electron chi connectivity index (χ2n) is 7.67. The number of amides is 1. The van der Waals surface area contributed by atoms with Crippen LogP contribution in [0.5, 0.6) is 0 Å². The minimum Gasteiger partial charge on any atom is -0.475 e. The molecule has 0 unspecified atom stereocenters. The highest BCUT2D eigenvalue weighted by Crippen LogP contribution is 2.59. The van der Waals surface area contributed by atoms with Crippen LogP contribution in [0.1, 0.15) is 37.9 Å². The van der Waals surface area contributed by atoms with Crippen LogP contribution in [0.3, 0.4) is 0 Å². The molecule has 152 valence electrons. The predicted molar refractivity (Wildman–Crippen MR) is 95.6 cm³/mol. The number of aliphatic carboxylic acids is 1. The zero-order valence-electron chi connectivity index (χ0n) is 15.2. The standard InChI is InChI=1S/C16H20N4O.C2HF3O2/c1-10-18-12-4-3-11(7-13(12)19-10)20-14(21)16(17)8-15(9-16)5-2-6-15;3-2(4,5)1(6)7/h3-4,7H,2,5-6,8-9,17H2,1H3,(H,18,19)(H,20,21);(H,6,7). The van der Waals surface area contributed by atoms with Crippen molar-refractivity contribution in [3.05, 3.63) is 24.0 Å². The third-order valence-corrected chi connectivity index (χ3v) is 5.35. The number of aromatic nitrogens is 2. The molecule has 0 aliphatic heterocycles. The lowest BCUT2D eigenvalue weighted by Crippen LogP contribution is -2.66. The topological polar surface area (TPSA) is 121 Å². The number of alkyl halides is 3. The Balaban J connectivity index is 0.000000279. The van der Waals surface area contributed by atoms with Gasteiger partial charge in [-0.15, -0.1) is 0 Å². The van der Waals surface area contributed by atoms with Crippen molar-refractivity contribution < 1.29 is 27.9 Å². The first kappa shape index (κ1) is 20.1. The van der Waals surface area contributed by atoms with Crippen molar-refractivity contribution in [1.29, 1.82) is 0 Å². The number of hydrogen-bond acceptors (Lipinski definition) is 4. The van der Waals surface area contributed by atoms with Gasteiger partial charge in [-0.2, -0.15) is 13.2 Å². The van der Waals surface area contributed by atoms with Gasteiger partial charge in [-0.3, -0.25) is 4.79 Å². The molecular formula is C18H21F3N4O3. The SMILES string of the molecule is Cc1nc2ccc(NC(=O)C3(N)CC4(CCC4)C3)cc2[nH]1.O=C(O)C(F)(F)F. The highest BCUT2D eigenvalue weighted by Gasteiger charge is 2.58. The van der Waals surface area contributed by atoms with Gasteiger partial charge in [0.2, 0.25) is 5.91 Å². The number of halogens is 3. The van der Waals surface area contributed by atoms with E-state index in [0.717, 1.165) is 35.4 Å². The Kier molecular flexibility index (Phi) is 4.86. The second-order valence-corrected chi connectivity index (χ2v) is 7.67. The smallest absolute Gasteiger partial charge is 0.475 e. The number of aryl methyl sites for hydroxylation is 1. The van der Waals surface area contributed by atoms with Gasteiger partial charge in [-0.05, 0) is 56.2 Å². The number of anilines is 1. The molecule has 0 bridgehead atoms. The Morgan fingerprint density at radius 2 is 1.89 bits per heavy atom. The lowest BCUT2D eigenvalue weighted by molar-refractivity contribution is -0.192. The first-order chi connectivity index (χ1) is 12.9. The first-order valence-corrected chi connectivity index (χ1v) is 8.79. The van der Waals surface area contributed by atoms with E-state index >= 15 is 0 Å². The fourth-order valence-corrected chi connectivity index (χ4v) is 3.95. The fourth-order valence-electron chi connectivity index (χ4n) is 3.95. The number of benzene rings is 1. The van der Waals surface area contributed by atoms with Crippen molar-refractivity contribution in [2.24, 2.45) is 11.1 Å². The van der Waals surface area contributed by atoms with Gasteiger partial charge in [0.15, 0.2) is 0 Å². The average Bonchev–Trinajstić information content (AvgIpc) is 2.89. The fraction of sp³-hybridized carbons (Fsp3) is 0.500. The number of carboxylic acids is 1. The Hall–Kier alpha value is -2.62. The number of rotatable bonds is 2. The molecule has 1 spiro atoms. The van der Waals surface area contributed by atoms with Gasteiger partial charge >= 0.3 is 12.1 Å². The summed E-state index contributed by atoms with van der Waals surface area (Å²) in [5.74, 6) is -1.95. The van der Waals surface area contributed by atoms with Gasteiger partial charge in [0, 0.05) is 5.69 Å². The molecule has 7 nitrogen and oxygen atoms in total. The Morgan fingerprint density at radius 3 is 2.39 bits per heavy atom. The van der Waals surface area contributed by atoms with Gasteiger partial charge < -0.3 is 21.1 Å². The van der Waals surface area contributed by atoms with Crippen molar-refractivity contribution in [3.8, 4) is 0 Å². The Morgan fingerprint density at radius 1 is 1.29 bits per heavy atom. The van der Waals surface area contributed by atoms with Crippen LogP contribution < -0.4 is 11.1 Å².